The minimum Gasteiger partial charge on any atom is -0.491 e. The molecule has 2 rings (SSSR count). The largest absolute Gasteiger partial charge is 0.491 e. The molecule has 1 aliphatic rings. The lowest BCUT2D eigenvalue weighted by molar-refractivity contribution is 0.115. The van der Waals surface area contributed by atoms with Crippen LogP contribution < -0.4 is 15.4 Å². The summed E-state index contributed by atoms with van der Waals surface area (Å²) in [5.41, 5.74) is 7.85. The Balaban J connectivity index is 2.13. The Morgan fingerprint density at radius 2 is 2.20 bits per heavy atom. The SMILES string of the molecule is CCN(CC1CCCO1)c1cc(N)cc(OC(C)C)c1. The monoisotopic (exact) mass is 278 g/mol. The van der Waals surface area contributed by atoms with E-state index in [0.29, 0.717) is 6.10 Å². The molecule has 1 aromatic rings. The third-order valence-corrected chi connectivity index (χ3v) is 3.48. The summed E-state index contributed by atoms with van der Waals surface area (Å²) in [6.07, 6.45) is 2.80. The van der Waals surface area contributed by atoms with Crippen LogP contribution in [0.3, 0.4) is 0 Å². The first-order valence-electron chi connectivity index (χ1n) is 7.52. The van der Waals surface area contributed by atoms with E-state index in [1.807, 2.05) is 26.0 Å². The molecule has 1 unspecified atom stereocenters. The zero-order valence-corrected chi connectivity index (χ0v) is 12.8. The second-order valence-corrected chi connectivity index (χ2v) is 5.60. The summed E-state index contributed by atoms with van der Waals surface area (Å²) in [6, 6.07) is 5.95. The normalized spacial score (nSPS) is 18.5. The molecule has 2 N–H and O–H groups in total. The Labute approximate surface area is 121 Å². The van der Waals surface area contributed by atoms with Crippen LogP contribution in [0.15, 0.2) is 18.2 Å². The minimum atomic E-state index is 0.151. The van der Waals surface area contributed by atoms with Crippen molar-refractivity contribution >= 4 is 11.4 Å². The molecule has 0 spiro atoms. The Bertz CT molecular complexity index is 428. The molecule has 1 atom stereocenters. The van der Waals surface area contributed by atoms with Gasteiger partial charge in [0, 0.05) is 43.2 Å². The van der Waals surface area contributed by atoms with E-state index in [-0.39, 0.29) is 6.10 Å². The first-order valence-corrected chi connectivity index (χ1v) is 7.52. The van der Waals surface area contributed by atoms with Gasteiger partial charge in [-0.1, -0.05) is 0 Å². The molecule has 0 radical (unpaired) electrons. The number of hydrogen-bond donors (Lipinski definition) is 1. The average molecular weight is 278 g/mol. The molecule has 0 aliphatic carbocycles. The van der Waals surface area contributed by atoms with Gasteiger partial charge >= 0.3 is 0 Å². The van der Waals surface area contributed by atoms with E-state index >= 15 is 0 Å². The number of anilines is 2. The summed E-state index contributed by atoms with van der Waals surface area (Å²) in [5, 5.41) is 0. The molecule has 1 saturated heterocycles. The van der Waals surface area contributed by atoms with Crippen LogP contribution in [0.5, 0.6) is 5.75 Å². The summed E-state index contributed by atoms with van der Waals surface area (Å²) >= 11 is 0. The van der Waals surface area contributed by atoms with Crippen molar-refractivity contribution in [1.29, 1.82) is 0 Å². The molecule has 0 amide bonds. The third-order valence-electron chi connectivity index (χ3n) is 3.48. The van der Waals surface area contributed by atoms with Crippen molar-refractivity contribution in [2.45, 2.75) is 45.8 Å². The molecule has 4 nitrogen and oxygen atoms in total. The topological polar surface area (TPSA) is 47.7 Å². The maximum atomic E-state index is 6.00. The second-order valence-electron chi connectivity index (χ2n) is 5.60. The van der Waals surface area contributed by atoms with E-state index in [2.05, 4.69) is 17.9 Å². The lowest BCUT2D eigenvalue weighted by Gasteiger charge is -2.27. The van der Waals surface area contributed by atoms with E-state index in [9.17, 15) is 0 Å². The van der Waals surface area contributed by atoms with Gasteiger partial charge in [-0.2, -0.15) is 0 Å². The van der Waals surface area contributed by atoms with Gasteiger partial charge in [0.15, 0.2) is 0 Å². The van der Waals surface area contributed by atoms with E-state index in [4.69, 9.17) is 15.2 Å². The van der Waals surface area contributed by atoms with Gasteiger partial charge in [-0.15, -0.1) is 0 Å². The summed E-state index contributed by atoms with van der Waals surface area (Å²) in [5.74, 6) is 0.834. The van der Waals surface area contributed by atoms with Crippen molar-refractivity contribution in [2.24, 2.45) is 0 Å². The number of likely N-dealkylation sites (N-methyl/N-ethyl adjacent to an activating group) is 1. The molecule has 112 valence electrons. The molecule has 4 heteroatoms. The molecule has 1 heterocycles. The first-order chi connectivity index (χ1) is 9.58. The van der Waals surface area contributed by atoms with Crippen molar-refractivity contribution in [3.63, 3.8) is 0 Å². The van der Waals surface area contributed by atoms with Crippen molar-refractivity contribution in [1.82, 2.24) is 0 Å². The molecule has 0 bridgehead atoms. The summed E-state index contributed by atoms with van der Waals surface area (Å²) < 4.78 is 11.5. The van der Waals surface area contributed by atoms with Gasteiger partial charge in [0.25, 0.3) is 0 Å². The molecule has 0 saturated carbocycles. The van der Waals surface area contributed by atoms with Gasteiger partial charge < -0.3 is 20.1 Å². The Morgan fingerprint density at radius 1 is 1.40 bits per heavy atom. The number of benzene rings is 1. The Kier molecular flexibility index (Phi) is 5.12. The zero-order chi connectivity index (χ0) is 14.5. The van der Waals surface area contributed by atoms with Crippen LogP contribution in [0.1, 0.15) is 33.6 Å². The highest BCUT2D eigenvalue weighted by Crippen LogP contribution is 2.27. The van der Waals surface area contributed by atoms with Gasteiger partial charge in [-0.05, 0) is 39.7 Å². The highest BCUT2D eigenvalue weighted by Gasteiger charge is 2.19. The smallest absolute Gasteiger partial charge is 0.123 e. The molecule has 1 aromatic carbocycles. The molecular weight excluding hydrogens is 252 g/mol. The fraction of sp³-hybridized carbons (Fsp3) is 0.625. The Morgan fingerprint density at radius 3 is 2.80 bits per heavy atom. The van der Waals surface area contributed by atoms with Crippen molar-refractivity contribution in [3.8, 4) is 5.75 Å². The maximum Gasteiger partial charge on any atom is 0.123 e. The zero-order valence-electron chi connectivity index (χ0n) is 12.8. The Hall–Kier alpha value is -1.42. The van der Waals surface area contributed by atoms with Gasteiger partial charge in [-0.25, -0.2) is 0 Å². The van der Waals surface area contributed by atoms with Crippen molar-refractivity contribution in [2.75, 3.05) is 30.3 Å². The predicted octanol–water partition coefficient (Wildman–Crippen LogP) is 3.06. The molecule has 20 heavy (non-hydrogen) atoms. The van der Waals surface area contributed by atoms with Crippen LogP contribution >= 0.6 is 0 Å². The number of rotatable bonds is 6. The fourth-order valence-corrected chi connectivity index (χ4v) is 2.58. The quantitative estimate of drug-likeness (QED) is 0.812. The van der Waals surface area contributed by atoms with Crippen LogP contribution in [0, 0.1) is 0 Å². The summed E-state index contributed by atoms with van der Waals surface area (Å²) in [6.45, 7) is 8.94. The van der Waals surface area contributed by atoms with Gasteiger partial charge in [0.1, 0.15) is 5.75 Å². The number of ether oxygens (including phenoxy) is 2. The molecule has 1 aliphatic heterocycles. The minimum absolute atomic E-state index is 0.151. The van der Waals surface area contributed by atoms with Gasteiger partial charge in [0.2, 0.25) is 0 Å². The van der Waals surface area contributed by atoms with Crippen LogP contribution in [-0.4, -0.2) is 31.9 Å². The van der Waals surface area contributed by atoms with Crippen molar-refractivity contribution in [3.05, 3.63) is 18.2 Å². The number of nitrogen functional groups attached to an aromatic ring is 1. The number of nitrogens with two attached hydrogens (primary N) is 1. The third kappa shape index (κ3) is 4.04. The number of nitrogens with zero attached hydrogens (tertiary/aromatic N) is 1. The van der Waals surface area contributed by atoms with E-state index in [1.165, 1.54) is 6.42 Å². The van der Waals surface area contributed by atoms with Crippen molar-refractivity contribution < 1.29 is 9.47 Å². The fourth-order valence-electron chi connectivity index (χ4n) is 2.58. The first kappa shape index (κ1) is 15.0. The predicted molar refractivity (Wildman–Crippen MR) is 83.5 cm³/mol. The van der Waals surface area contributed by atoms with E-state index in [0.717, 1.165) is 43.2 Å². The maximum absolute atomic E-state index is 6.00. The van der Waals surface area contributed by atoms with Crippen LogP contribution in [0.2, 0.25) is 0 Å². The highest BCUT2D eigenvalue weighted by atomic mass is 16.5. The highest BCUT2D eigenvalue weighted by molar-refractivity contribution is 5.60. The molecular formula is C16H26N2O2. The lowest BCUT2D eigenvalue weighted by Crippen LogP contribution is -2.32. The summed E-state index contributed by atoms with van der Waals surface area (Å²) in [4.78, 5) is 2.31. The van der Waals surface area contributed by atoms with Gasteiger partial charge in [-0.3, -0.25) is 0 Å². The van der Waals surface area contributed by atoms with Gasteiger partial charge in [0.05, 0.1) is 12.2 Å². The molecule has 0 aromatic heterocycles. The average Bonchev–Trinajstić information content (AvgIpc) is 2.87. The summed E-state index contributed by atoms with van der Waals surface area (Å²) in [7, 11) is 0. The number of hydrogen-bond acceptors (Lipinski definition) is 4. The lowest BCUT2D eigenvalue weighted by atomic mass is 10.2. The molecule has 1 fully saturated rings. The van der Waals surface area contributed by atoms with Crippen LogP contribution in [0.4, 0.5) is 11.4 Å². The van der Waals surface area contributed by atoms with E-state index in [1.54, 1.807) is 0 Å². The van der Waals surface area contributed by atoms with Crippen LogP contribution in [0.25, 0.3) is 0 Å². The van der Waals surface area contributed by atoms with Crippen LogP contribution in [-0.2, 0) is 4.74 Å². The standard InChI is InChI=1S/C16H26N2O2/c1-4-18(11-15-6-5-7-19-15)14-8-13(17)9-16(10-14)20-12(2)3/h8-10,12,15H,4-7,11,17H2,1-3H3. The second kappa shape index (κ2) is 6.84. The van der Waals surface area contributed by atoms with E-state index < -0.39 is 0 Å².